The van der Waals surface area contributed by atoms with E-state index in [0.717, 1.165) is 18.7 Å². The van der Waals surface area contributed by atoms with Gasteiger partial charge in [0.1, 0.15) is 12.2 Å². The zero-order chi connectivity index (χ0) is 13.2. The largest absolute Gasteiger partial charge is 0.312 e. The summed E-state index contributed by atoms with van der Waals surface area (Å²) in [5, 5.41) is 8.26. The van der Waals surface area contributed by atoms with Crippen LogP contribution >= 0.6 is 0 Å². The minimum absolute atomic E-state index is 0.0477. The lowest BCUT2D eigenvalue weighted by atomic mass is 10.1. The first-order chi connectivity index (χ1) is 8.47. The van der Waals surface area contributed by atoms with Crippen molar-refractivity contribution in [1.82, 2.24) is 14.8 Å². The molecule has 0 radical (unpaired) electrons. The first kappa shape index (κ1) is 12.8. The van der Waals surface area contributed by atoms with E-state index in [-0.39, 0.29) is 5.54 Å². The van der Waals surface area contributed by atoms with Crippen LogP contribution in [0.4, 0.5) is 0 Å². The SMILES string of the molecule is Cc1ccc(CCc2nncn2C(C)(C)C)cc1. The molecule has 1 aromatic heterocycles. The maximum Gasteiger partial charge on any atom is 0.133 e. The summed E-state index contributed by atoms with van der Waals surface area (Å²) >= 11 is 0. The van der Waals surface area contributed by atoms with Crippen LogP contribution in [0.3, 0.4) is 0 Å². The van der Waals surface area contributed by atoms with Gasteiger partial charge in [-0.05, 0) is 39.7 Å². The Morgan fingerprint density at radius 1 is 1.06 bits per heavy atom. The summed E-state index contributed by atoms with van der Waals surface area (Å²) in [6.45, 7) is 8.63. The number of aromatic nitrogens is 3. The monoisotopic (exact) mass is 243 g/mol. The molecule has 18 heavy (non-hydrogen) atoms. The van der Waals surface area contributed by atoms with Gasteiger partial charge in [0.25, 0.3) is 0 Å². The van der Waals surface area contributed by atoms with E-state index in [0.29, 0.717) is 0 Å². The fraction of sp³-hybridized carbons (Fsp3) is 0.467. The molecule has 0 bridgehead atoms. The van der Waals surface area contributed by atoms with Crippen LogP contribution < -0.4 is 0 Å². The van der Waals surface area contributed by atoms with Crippen LogP contribution in [0.25, 0.3) is 0 Å². The van der Waals surface area contributed by atoms with Crippen molar-refractivity contribution in [3.63, 3.8) is 0 Å². The van der Waals surface area contributed by atoms with E-state index >= 15 is 0 Å². The van der Waals surface area contributed by atoms with E-state index in [2.05, 4.69) is 66.7 Å². The van der Waals surface area contributed by atoms with Gasteiger partial charge in [-0.3, -0.25) is 0 Å². The Bertz CT molecular complexity index is 503. The molecule has 0 atom stereocenters. The molecule has 0 fully saturated rings. The van der Waals surface area contributed by atoms with E-state index in [1.807, 2.05) is 6.33 Å². The second kappa shape index (κ2) is 4.92. The molecule has 3 nitrogen and oxygen atoms in total. The summed E-state index contributed by atoms with van der Waals surface area (Å²) in [5.41, 5.74) is 2.70. The van der Waals surface area contributed by atoms with Crippen LogP contribution in [0.15, 0.2) is 30.6 Å². The van der Waals surface area contributed by atoms with Gasteiger partial charge in [-0.25, -0.2) is 0 Å². The van der Waals surface area contributed by atoms with Crippen LogP contribution in [0, 0.1) is 6.92 Å². The van der Waals surface area contributed by atoms with Gasteiger partial charge < -0.3 is 4.57 Å². The Morgan fingerprint density at radius 3 is 2.33 bits per heavy atom. The van der Waals surface area contributed by atoms with Crippen molar-refractivity contribution in [2.75, 3.05) is 0 Å². The number of aryl methyl sites for hydroxylation is 3. The zero-order valence-electron chi connectivity index (χ0n) is 11.6. The summed E-state index contributed by atoms with van der Waals surface area (Å²) in [6, 6.07) is 8.69. The average molecular weight is 243 g/mol. The highest BCUT2D eigenvalue weighted by atomic mass is 15.3. The predicted molar refractivity (Wildman–Crippen MR) is 73.6 cm³/mol. The fourth-order valence-electron chi connectivity index (χ4n) is 2.00. The summed E-state index contributed by atoms with van der Waals surface area (Å²) in [4.78, 5) is 0. The van der Waals surface area contributed by atoms with Crippen LogP contribution in [0.5, 0.6) is 0 Å². The lowest BCUT2D eigenvalue weighted by molar-refractivity contribution is 0.381. The van der Waals surface area contributed by atoms with Crippen molar-refractivity contribution in [1.29, 1.82) is 0 Å². The van der Waals surface area contributed by atoms with E-state index in [1.54, 1.807) is 0 Å². The number of benzene rings is 1. The molecule has 0 spiro atoms. The van der Waals surface area contributed by atoms with E-state index in [9.17, 15) is 0 Å². The van der Waals surface area contributed by atoms with Crippen molar-refractivity contribution >= 4 is 0 Å². The summed E-state index contributed by atoms with van der Waals surface area (Å²) in [7, 11) is 0. The van der Waals surface area contributed by atoms with Gasteiger partial charge in [0.15, 0.2) is 0 Å². The lowest BCUT2D eigenvalue weighted by Crippen LogP contribution is -2.23. The summed E-state index contributed by atoms with van der Waals surface area (Å²) in [6.07, 6.45) is 3.76. The highest BCUT2D eigenvalue weighted by Crippen LogP contribution is 2.16. The quantitative estimate of drug-likeness (QED) is 0.829. The molecule has 96 valence electrons. The highest BCUT2D eigenvalue weighted by Gasteiger charge is 2.17. The maximum absolute atomic E-state index is 4.23. The summed E-state index contributed by atoms with van der Waals surface area (Å²) in [5.74, 6) is 1.06. The van der Waals surface area contributed by atoms with Gasteiger partial charge >= 0.3 is 0 Å². The molecule has 0 unspecified atom stereocenters. The maximum atomic E-state index is 4.23. The van der Waals surface area contributed by atoms with E-state index < -0.39 is 0 Å². The first-order valence-electron chi connectivity index (χ1n) is 6.42. The van der Waals surface area contributed by atoms with Crippen molar-refractivity contribution in [3.05, 3.63) is 47.5 Å². The van der Waals surface area contributed by atoms with Crippen molar-refractivity contribution < 1.29 is 0 Å². The predicted octanol–water partition coefficient (Wildman–Crippen LogP) is 3.13. The van der Waals surface area contributed by atoms with Crippen LogP contribution in [-0.2, 0) is 18.4 Å². The number of hydrogen-bond acceptors (Lipinski definition) is 2. The Morgan fingerprint density at radius 2 is 1.72 bits per heavy atom. The lowest BCUT2D eigenvalue weighted by Gasteiger charge is -2.22. The van der Waals surface area contributed by atoms with Gasteiger partial charge in [0.05, 0.1) is 0 Å². The van der Waals surface area contributed by atoms with E-state index in [4.69, 9.17) is 0 Å². The Kier molecular flexibility index (Phi) is 3.50. The molecular weight excluding hydrogens is 222 g/mol. The topological polar surface area (TPSA) is 30.7 Å². The van der Waals surface area contributed by atoms with Gasteiger partial charge in [0, 0.05) is 12.0 Å². The zero-order valence-corrected chi connectivity index (χ0v) is 11.6. The number of rotatable bonds is 3. The molecule has 2 rings (SSSR count). The molecule has 0 saturated heterocycles. The summed E-state index contributed by atoms with van der Waals surface area (Å²) < 4.78 is 2.15. The second-order valence-corrected chi connectivity index (χ2v) is 5.77. The Balaban J connectivity index is 2.07. The molecule has 1 heterocycles. The Labute approximate surface area is 109 Å². The smallest absolute Gasteiger partial charge is 0.133 e. The molecule has 0 saturated carbocycles. The molecule has 0 amide bonds. The van der Waals surface area contributed by atoms with Crippen LogP contribution in [0.1, 0.15) is 37.7 Å². The number of nitrogens with zero attached hydrogens (tertiary/aromatic N) is 3. The van der Waals surface area contributed by atoms with Crippen LogP contribution in [0.2, 0.25) is 0 Å². The molecule has 3 heteroatoms. The Hall–Kier alpha value is -1.64. The van der Waals surface area contributed by atoms with Crippen molar-refractivity contribution in [2.24, 2.45) is 0 Å². The van der Waals surface area contributed by atoms with Gasteiger partial charge in [-0.2, -0.15) is 0 Å². The molecule has 0 N–H and O–H groups in total. The fourth-order valence-corrected chi connectivity index (χ4v) is 2.00. The third-order valence-corrected chi connectivity index (χ3v) is 3.10. The van der Waals surface area contributed by atoms with Crippen LogP contribution in [-0.4, -0.2) is 14.8 Å². The minimum Gasteiger partial charge on any atom is -0.312 e. The second-order valence-electron chi connectivity index (χ2n) is 5.77. The highest BCUT2D eigenvalue weighted by molar-refractivity contribution is 5.21. The molecule has 1 aromatic carbocycles. The molecule has 0 aliphatic heterocycles. The first-order valence-corrected chi connectivity index (χ1v) is 6.42. The normalized spacial score (nSPS) is 11.8. The molecular formula is C15H21N3. The van der Waals surface area contributed by atoms with E-state index in [1.165, 1.54) is 11.1 Å². The molecule has 2 aromatic rings. The van der Waals surface area contributed by atoms with Crippen molar-refractivity contribution in [2.45, 2.75) is 46.1 Å². The van der Waals surface area contributed by atoms with Gasteiger partial charge in [-0.1, -0.05) is 29.8 Å². The standard InChI is InChI=1S/C15H21N3/c1-12-5-7-13(8-6-12)9-10-14-17-16-11-18(14)15(2,3)4/h5-8,11H,9-10H2,1-4H3. The van der Waals surface area contributed by atoms with Gasteiger partial charge in [-0.15, -0.1) is 10.2 Å². The third kappa shape index (κ3) is 2.97. The molecule has 0 aliphatic carbocycles. The minimum atomic E-state index is 0.0477. The third-order valence-electron chi connectivity index (χ3n) is 3.10. The average Bonchev–Trinajstić information content (AvgIpc) is 2.76. The molecule has 0 aliphatic rings. The van der Waals surface area contributed by atoms with Gasteiger partial charge in [0.2, 0.25) is 0 Å². The number of hydrogen-bond donors (Lipinski definition) is 0. The van der Waals surface area contributed by atoms with Crippen molar-refractivity contribution in [3.8, 4) is 0 Å².